The summed E-state index contributed by atoms with van der Waals surface area (Å²) in [6.07, 6.45) is 4.15. The molecule has 2 atom stereocenters. The number of methoxy groups -OCH3 is 1. The van der Waals surface area contributed by atoms with E-state index >= 15 is 0 Å². The molecular weight excluding hydrogens is 512 g/mol. The van der Waals surface area contributed by atoms with E-state index in [0.717, 1.165) is 26.4 Å². The summed E-state index contributed by atoms with van der Waals surface area (Å²) in [7, 11) is 1.10. The lowest BCUT2D eigenvalue weighted by atomic mass is 9.92. The molecule has 0 unspecified atom stereocenters. The van der Waals surface area contributed by atoms with Crippen LogP contribution in [-0.4, -0.2) is 77.8 Å². The smallest absolute Gasteiger partial charge is 0.338 e. The van der Waals surface area contributed by atoms with Gasteiger partial charge in [0.05, 0.1) is 18.6 Å². The number of carbonyl (C=O) groups excluding carboxylic acids is 4. The van der Waals surface area contributed by atoms with E-state index < -0.39 is 47.2 Å². The molecule has 1 saturated carbocycles. The van der Waals surface area contributed by atoms with Crippen molar-refractivity contribution >= 4 is 41.0 Å². The van der Waals surface area contributed by atoms with Gasteiger partial charge in [-0.1, -0.05) is 19.3 Å². The summed E-state index contributed by atoms with van der Waals surface area (Å²) in [5.41, 5.74) is 16.4. The molecule has 1 aromatic carbocycles. The predicted octanol–water partition coefficient (Wildman–Crippen LogP) is -0.267. The summed E-state index contributed by atoms with van der Waals surface area (Å²) >= 11 is 0. The number of ether oxygens (including phenoxy) is 1. The number of non-ortho nitro benzene ring substituents is 1. The molecule has 8 N–H and O–H groups in total. The van der Waals surface area contributed by atoms with Crippen LogP contribution >= 0.6 is 0 Å². The zero-order chi connectivity index (χ0) is 28.9. The third-order valence-corrected chi connectivity index (χ3v) is 6.31. The summed E-state index contributed by atoms with van der Waals surface area (Å²) in [5.74, 6) is -3.25. The maximum atomic E-state index is 13.5. The van der Waals surface area contributed by atoms with Crippen LogP contribution in [-0.2, 0) is 23.9 Å². The van der Waals surface area contributed by atoms with Gasteiger partial charge in [0.2, 0.25) is 17.9 Å². The zero-order valence-electron chi connectivity index (χ0n) is 21.8. The first kappa shape index (κ1) is 31.0. The number of nitro benzene ring substituents is 1. The molecular formula is C24H36N8O7. The van der Waals surface area contributed by atoms with E-state index in [4.69, 9.17) is 21.9 Å². The number of nitrogens with zero attached hydrogens (tertiary/aromatic N) is 3. The van der Waals surface area contributed by atoms with Gasteiger partial charge >= 0.3 is 5.97 Å². The number of hydrogen-bond donors (Lipinski definition) is 5. The highest BCUT2D eigenvalue weighted by atomic mass is 16.6. The lowest BCUT2D eigenvalue weighted by Crippen LogP contribution is -2.61. The molecule has 0 bridgehead atoms. The second kappa shape index (κ2) is 15.2. The summed E-state index contributed by atoms with van der Waals surface area (Å²) in [6.45, 7) is -0.250. The Morgan fingerprint density at radius 1 is 1.13 bits per heavy atom. The van der Waals surface area contributed by atoms with Crippen LogP contribution in [0.5, 0.6) is 0 Å². The Kier molecular flexibility index (Phi) is 12.1. The number of guanidine groups is 1. The molecule has 1 fully saturated rings. The van der Waals surface area contributed by atoms with Gasteiger partial charge in [0.15, 0.2) is 5.96 Å². The fraction of sp³-hybridized carbons (Fsp3) is 0.542. The predicted molar refractivity (Wildman–Crippen MR) is 142 cm³/mol. The molecule has 1 aliphatic rings. The number of anilines is 1. The van der Waals surface area contributed by atoms with Crippen LogP contribution in [0.1, 0.15) is 44.9 Å². The van der Waals surface area contributed by atoms with Crippen molar-refractivity contribution in [2.24, 2.45) is 22.2 Å². The van der Waals surface area contributed by atoms with E-state index in [1.54, 1.807) is 0 Å². The molecule has 2 rings (SSSR count). The Balaban J connectivity index is 2.30. The third-order valence-electron chi connectivity index (χ3n) is 6.31. The summed E-state index contributed by atoms with van der Waals surface area (Å²) in [6, 6.07) is 1.91. The van der Waals surface area contributed by atoms with Gasteiger partial charge in [-0.2, -0.15) is 0 Å². The SMILES string of the molecule is COC(=O)[C@@H](C(=O)N[C@@H](CCCN=C(N)N)C(=O)Nc1ccc([N+](=O)[O-])cc1)N(C(=O)CN)C1CCCCC1. The molecule has 3 amide bonds. The number of amides is 3. The summed E-state index contributed by atoms with van der Waals surface area (Å²) < 4.78 is 4.86. The molecule has 0 radical (unpaired) electrons. The lowest BCUT2D eigenvalue weighted by Gasteiger charge is -2.38. The molecule has 15 nitrogen and oxygen atoms in total. The fourth-order valence-electron chi connectivity index (χ4n) is 4.40. The molecule has 39 heavy (non-hydrogen) atoms. The Morgan fingerprint density at radius 2 is 1.77 bits per heavy atom. The minimum atomic E-state index is -1.65. The normalized spacial score (nSPS) is 14.8. The molecule has 15 heteroatoms. The number of rotatable bonds is 13. The van der Waals surface area contributed by atoms with Crippen LogP contribution < -0.4 is 27.8 Å². The van der Waals surface area contributed by atoms with Gasteiger partial charge in [-0.3, -0.25) is 29.5 Å². The Labute approximate surface area is 225 Å². The third kappa shape index (κ3) is 9.21. The minimum Gasteiger partial charge on any atom is -0.467 e. The molecule has 0 spiro atoms. The topological polar surface area (TPSA) is 238 Å². The first-order valence-corrected chi connectivity index (χ1v) is 12.6. The first-order chi connectivity index (χ1) is 18.6. The second-order valence-corrected chi connectivity index (χ2v) is 9.03. The Bertz CT molecular complexity index is 1050. The number of nitro groups is 1. The van der Waals surface area contributed by atoms with Gasteiger partial charge in [0, 0.05) is 30.4 Å². The molecule has 0 heterocycles. The number of benzene rings is 1. The van der Waals surface area contributed by atoms with Crippen LogP contribution in [0.2, 0.25) is 0 Å². The Morgan fingerprint density at radius 3 is 2.31 bits per heavy atom. The van der Waals surface area contributed by atoms with E-state index in [2.05, 4.69) is 15.6 Å². The highest BCUT2D eigenvalue weighted by Gasteiger charge is 2.42. The van der Waals surface area contributed by atoms with Crippen molar-refractivity contribution in [3.63, 3.8) is 0 Å². The highest BCUT2D eigenvalue weighted by molar-refractivity contribution is 6.07. The van der Waals surface area contributed by atoms with Crippen molar-refractivity contribution in [1.29, 1.82) is 0 Å². The van der Waals surface area contributed by atoms with Crippen molar-refractivity contribution in [2.75, 3.05) is 25.5 Å². The second-order valence-electron chi connectivity index (χ2n) is 9.03. The monoisotopic (exact) mass is 548 g/mol. The molecule has 1 aliphatic carbocycles. The van der Waals surface area contributed by atoms with Gasteiger partial charge < -0.3 is 37.5 Å². The van der Waals surface area contributed by atoms with Gasteiger partial charge in [0.25, 0.3) is 11.6 Å². The largest absolute Gasteiger partial charge is 0.467 e. The molecule has 214 valence electrons. The minimum absolute atomic E-state index is 0.0729. The molecule has 0 saturated heterocycles. The van der Waals surface area contributed by atoms with E-state index in [9.17, 15) is 29.3 Å². The zero-order valence-corrected chi connectivity index (χ0v) is 21.8. The van der Waals surface area contributed by atoms with Gasteiger partial charge in [-0.15, -0.1) is 0 Å². The highest BCUT2D eigenvalue weighted by Crippen LogP contribution is 2.25. The number of esters is 1. The standard InChI is InChI=1S/C24H36N8O7/c1-39-23(36)20(31(19(33)14-25)16-6-3-2-4-7-16)22(35)30-18(8-5-13-28-24(26)27)21(34)29-15-9-11-17(12-10-15)32(37)38/h9-12,16,18,20H,2-8,13-14,25H2,1H3,(H,29,34)(H,30,35)(H4,26,27,28)/t18-,20+/m0/s1. The summed E-state index contributed by atoms with van der Waals surface area (Å²) in [4.78, 5) is 67.7. The van der Waals surface area contributed by atoms with Gasteiger partial charge in [-0.05, 0) is 37.8 Å². The summed E-state index contributed by atoms with van der Waals surface area (Å²) in [5, 5.41) is 16.1. The van der Waals surface area contributed by atoms with Crippen LogP contribution in [0.4, 0.5) is 11.4 Å². The van der Waals surface area contributed by atoms with Crippen molar-refractivity contribution in [3.8, 4) is 0 Å². The van der Waals surface area contributed by atoms with Gasteiger partial charge in [-0.25, -0.2) is 4.79 Å². The maximum absolute atomic E-state index is 13.5. The lowest BCUT2D eigenvalue weighted by molar-refractivity contribution is -0.384. The number of carbonyl (C=O) groups is 4. The molecule has 1 aromatic rings. The van der Waals surface area contributed by atoms with Crippen molar-refractivity contribution in [1.82, 2.24) is 10.2 Å². The van der Waals surface area contributed by atoms with E-state index in [0.29, 0.717) is 12.8 Å². The maximum Gasteiger partial charge on any atom is 0.338 e. The van der Waals surface area contributed by atoms with Crippen LogP contribution in [0.15, 0.2) is 29.3 Å². The van der Waals surface area contributed by atoms with E-state index in [-0.39, 0.29) is 42.8 Å². The van der Waals surface area contributed by atoms with Crippen molar-refractivity contribution in [2.45, 2.75) is 63.1 Å². The van der Waals surface area contributed by atoms with Crippen LogP contribution in [0.25, 0.3) is 0 Å². The fourth-order valence-corrected chi connectivity index (χ4v) is 4.40. The average molecular weight is 549 g/mol. The molecule has 0 aliphatic heterocycles. The van der Waals surface area contributed by atoms with Crippen molar-refractivity contribution < 1.29 is 28.8 Å². The molecule has 0 aromatic heterocycles. The van der Waals surface area contributed by atoms with E-state index in [1.165, 1.54) is 29.2 Å². The number of aliphatic imine (C=N–C) groups is 1. The van der Waals surface area contributed by atoms with E-state index in [1.807, 2.05) is 0 Å². The first-order valence-electron chi connectivity index (χ1n) is 12.6. The van der Waals surface area contributed by atoms with Crippen molar-refractivity contribution in [3.05, 3.63) is 34.4 Å². The van der Waals surface area contributed by atoms with Crippen LogP contribution in [0, 0.1) is 10.1 Å². The average Bonchev–Trinajstić information content (AvgIpc) is 2.92. The van der Waals surface area contributed by atoms with Gasteiger partial charge in [0.1, 0.15) is 6.04 Å². The Hall–Kier alpha value is -4.27. The number of nitrogens with one attached hydrogen (secondary N) is 2. The number of hydrogen-bond acceptors (Lipinski definition) is 9. The number of nitrogens with two attached hydrogens (primary N) is 3. The quantitative estimate of drug-likeness (QED) is 0.0411. The van der Waals surface area contributed by atoms with Crippen LogP contribution in [0.3, 0.4) is 0 Å².